The van der Waals surface area contributed by atoms with Crippen LogP contribution in [0.5, 0.6) is 5.75 Å². The Balaban J connectivity index is 2.05. The molecule has 3 aromatic rings. The first-order valence-corrected chi connectivity index (χ1v) is 8.60. The average Bonchev–Trinajstić information content (AvgIpc) is 2.89. The quantitative estimate of drug-likeness (QED) is 0.497. The molecule has 5 heteroatoms. The zero-order valence-corrected chi connectivity index (χ0v) is 15.5. The molecule has 0 aliphatic carbocycles. The Morgan fingerprint density at radius 1 is 1.28 bits per heavy atom. The van der Waals surface area contributed by atoms with E-state index >= 15 is 0 Å². The highest BCUT2D eigenvalue weighted by molar-refractivity contribution is 14.1. The lowest BCUT2D eigenvalue weighted by Gasteiger charge is -2.02. The number of aromatic amines is 1. The number of benzene rings is 2. The number of nitrogens with zero attached hydrogens (tertiary/aromatic N) is 1. The van der Waals surface area contributed by atoms with Crippen LogP contribution < -0.4 is 20.9 Å². The number of hydrogen-bond donors (Lipinski definition) is 1. The first-order chi connectivity index (χ1) is 12.1. The summed E-state index contributed by atoms with van der Waals surface area (Å²) >= 11 is 2.22. The van der Waals surface area contributed by atoms with Gasteiger partial charge in [-0.15, -0.1) is 6.42 Å². The molecule has 0 aliphatic rings. The number of rotatable bonds is 4. The summed E-state index contributed by atoms with van der Waals surface area (Å²) in [5.41, 5.74) is 1.45. The molecule has 0 amide bonds. The highest BCUT2D eigenvalue weighted by Crippen LogP contribution is 2.13. The summed E-state index contributed by atoms with van der Waals surface area (Å²) in [6.07, 6.45) is 6.99. The van der Waals surface area contributed by atoms with E-state index in [2.05, 4.69) is 40.2 Å². The van der Waals surface area contributed by atoms with Crippen molar-refractivity contribution in [3.8, 4) is 23.8 Å². The van der Waals surface area contributed by atoms with E-state index in [-0.39, 0.29) is 12.2 Å². The zero-order chi connectivity index (χ0) is 17.8. The van der Waals surface area contributed by atoms with Gasteiger partial charge in [-0.05, 0) is 70.6 Å². The van der Waals surface area contributed by atoms with E-state index < -0.39 is 0 Å². The number of halogens is 1. The van der Waals surface area contributed by atoms with Crippen molar-refractivity contribution in [1.29, 1.82) is 0 Å². The molecule has 0 bridgehead atoms. The van der Waals surface area contributed by atoms with Gasteiger partial charge in [-0.3, -0.25) is 9.89 Å². The van der Waals surface area contributed by atoms with Crippen molar-refractivity contribution in [1.82, 2.24) is 9.78 Å². The van der Waals surface area contributed by atoms with Crippen molar-refractivity contribution >= 4 is 35.2 Å². The van der Waals surface area contributed by atoms with Crippen LogP contribution in [0.25, 0.3) is 18.3 Å². The lowest BCUT2D eigenvalue weighted by molar-refractivity contribution is 0.370. The second-order valence-electron chi connectivity index (χ2n) is 5.33. The first kappa shape index (κ1) is 17.1. The van der Waals surface area contributed by atoms with Gasteiger partial charge in [0.2, 0.25) is 0 Å². The summed E-state index contributed by atoms with van der Waals surface area (Å²) in [6, 6.07) is 15.1. The number of terminal acetylenes is 1. The van der Waals surface area contributed by atoms with Gasteiger partial charge >= 0.3 is 0 Å². The van der Waals surface area contributed by atoms with Gasteiger partial charge in [0.05, 0.1) is 16.3 Å². The van der Waals surface area contributed by atoms with Crippen LogP contribution in [0.1, 0.15) is 5.56 Å². The minimum absolute atomic E-state index is 0.152. The third-order valence-electron chi connectivity index (χ3n) is 3.58. The maximum absolute atomic E-state index is 12.7. The van der Waals surface area contributed by atoms with E-state index in [4.69, 9.17) is 11.2 Å². The summed E-state index contributed by atoms with van der Waals surface area (Å²) in [7, 11) is 0. The van der Waals surface area contributed by atoms with Crippen molar-refractivity contribution in [2.24, 2.45) is 0 Å². The largest absolute Gasteiger partial charge is 0.481 e. The Hall–Kier alpha value is -2.72. The van der Waals surface area contributed by atoms with Crippen molar-refractivity contribution < 1.29 is 4.74 Å². The van der Waals surface area contributed by atoms with Gasteiger partial charge in [0, 0.05) is 3.57 Å². The number of H-pyrrole nitrogens is 1. The van der Waals surface area contributed by atoms with Crippen LogP contribution >= 0.6 is 22.6 Å². The first-order valence-electron chi connectivity index (χ1n) is 7.52. The zero-order valence-electron chi connectivity index (χ0n) is 13.3. The molecule has 1 heterocycles. The summed E-state index contributed by atoms with van der Waals surface area (Å²) in [4.78, 5) is 12.7. The van der Waals surface area contributed by atoms with E-state index in [1.54, 1.807) is 6.08 Å². The fourth-order valence-electron chi connectivity index (χ4n) is 2.40. The van der Waals surface area contributed by atoms with Gasteiger partial charge in [-0.1, -0.05) is 24.6 Å². The number of aromatic nitrogens is 2. The minimum Gasteiger partial charge on any atom is -0.481 e. The maximum Gasteiger partial charge on any atom is 0.279 e. The van der Waals surface area contributed by atoms with Gasteiger partial charge in [-0.2, -0.15) is 0 Å². The Bertz CT molecular complexity index is 1100. The van der Waals surface area contributed by atoms with Crippen molar-refractivity contribution in [2.75, 3.05) is 6.61 Å². The molecule has 0 saturated heterocycles. The van der Waals surface area contributed by atoms with Crippen molar-refractivity contribution in [3.05, 3.63) is 78.6 Å². The van der Waals surface area contributed by atoms with Gasteiger partial charge in [-0.25, -0.2) is 4.68 Å². The van der Waals surface area contributed by atoms with Gasteiger partial charge in [0.15, 0.2) is 0 Å². The predicted octanol–water partition coefficient (Wildman–Crippen LogP) is 2.02. The molecule has 0 fully saturated rings. The molecule has 0 unspecified atom stereocenters. The van der Waals surface area contributed by atoms with Crippen LogP contribution in [0.2, 0.25) is 0 Å². The highest BCUT2D eigenvalue weighted by atomic mass is 127. The van der Waals surface area contributed by atoms with Crippen LogP contribution in [-0.4, -0.2) is 16.4 Å². The summed E-state index contributed by atoms with van der Waals surface area (Å²) in [5, 5.41) is 4.08. The van der Waals surface area contributed by atoms with Crippen molar-refractivity contribution in [2.45, 2.75) is 0 Å². The van der Waals surface area contributed by atoms with Gasteiger partial charge in [0.1, 0.15) is 12.4 Å². The minimum atomic E-state index is -0.152. The molecule has 1 N–H and O–H groups in total. The maximum atomic E-state index is 12.7. The molecular formula is C20H15IN2O2. The van der Waals surface area contributed by atoms with Crippen LogP contribution in [0.3, 0.4) is 0 Å². The molecule has 3 rings (SSSR count). The summed E-state index contributed by atoms with van der Waals surface area (Å²) < 4.78 is 8.01. The molecule has 0 radical (unpaired) electrons. The second-order valence-corrected chi connectivity index (χ2v) is 6.58. The topological polar surface area (TPSA) is 47.0 Å². The van der Waals surface area contributed by atoms with Crippen LogP contribution in [0.15, 0.2) is 53.3 Å². The summed E-state index contributed by atoms with van der Waals surface area (Å²) in [5.74, 6) is 3.09. The number of nitrogens with one attached hydrogen (secondary N) is 1. The Morgan fingerprint density at radius 3 is 2.76 bits per heavy atom. The third-order valence-corrected chi connectivity index (χ3v) is 4.30. The second kappa shape index (κ2) is 7.45. The smallest absolute Gasteiger partial charge is 0.279 e. The van der Waals surface area contributed by atoms with Crippen LogP contribution in [-0.2, 0) is 0 Å². The van der Waals surface area contributed by atoms with E-state index in [0.29, 0.717) is 16.3 Å². The normalized spacial score (nSPS) is 11.3. The molecule has 1 aromatic heterocycles. The monoisotopic (exact) mass is 442 g/mol. The highest BCUT2D eigenvalue weighted by Gasteiger charge is 2.05. The average molecular weight is 442 g/mol. The van der Waals surface area contributed by atoms with E-state index in [0.717, 1.165) is 14.8 Å². The fourth-order valence-corrected chi connectivity index (χ4v) is 2.76. The third kappa shape index (κ3) is 3.86. The molecule has 2 aromatic carbocycles. The Kier molecular flexibility index (Phi) is 5.10. The Labute approximate surface area is 158 Å². The van der Waals surface area contributed by atoms with Crippen LogP contribution in [0.4, 0.5) is 0 Å². The van der Waals surface area contributed by atoms with Gasteiger partial charge < -0.3 is 4.74 Å². The SMILES string of the molecule is C#CCOc1cccc(/C=c2/c(=C)[nH]n(-c3ccc(I)cc3)c2=O)c1. The molecule has 0 saturated carbocycles. The Morgan fingerprint density at radius 2 is 2.04 bits per heavy atom. The molecule has 4 nitrogen and oxygen atoms in total. The molecule has 0 spiro atoms. The van der Waals surface area contributed by atoms with Crippen molar-refractivity contribution in [3.63, 3.8) is 0 Å². The summed E-state index contributed by atoms with van der Waals surface area (Å²) in [6.45, 7) is 4.15. The molecule has 0 atom stereocenters. The predicted molar refractivity (Wildman–Crippen MR) is 108 cm³/mol. The van der Waals surface area contributed by atoms with E-state index in [9.17, 15) is 4.79 Å². The lowest BCUT2D eigenvalue weighted by atomic mass is 10.2. The number of hydrogen-bond acceptors (Lipinski definition) is 2. The fraction of sp³-hybridized carbons (Fsp3) is 0.0500. The number of ether oxygens (including phenoxy) is 1. The molecular weight excluding hydrogens is 427 g/mol. The van der Waals surface area contributed by atoms with Gasteiger partial charge in [0.25, 0.3) is 5.56 Å². The molecule has 0 aliphatic heterocycles. The van der Waals surface area contributed by atoms with E-state index in [1.165, 1.54) is 4.68 Å². The molecule has 124 valence electrons. The van der Waals surface area contributed by atoms with E-state index in [1.807, 2.05) is 48.5 Å². The standard InChI is InChI=1S/C20H15IN2O2/c1-3-11-25-18-6-4-5-15(12-18)13-19-14(2)22-23(20(19)24)17-9-7-16(21)8-10-17/h1,4-10,12-13,22H,2,11H2/b19-13-. The molecule has 25 heavy (non-hydrogen) atoms. The lowest BCUT2D eigenvalue weighted by Crippen LogP contribution is -2.33. The van der Waals surface area contributed by atoms with Crippen LogP contribution in [0, 0.1) is 15.9 Å².